The molecule has 2 fully saturated rings. The summed E-state index contributed by atoms with van der Waals surface area (Å²) in [6.45, 7) is 4.45. The molecule has 0 radical (unpaired) electrons. The van der Waals surface area contributed by atoms with Gasteiger partial charge in [-0.1, -0.05) is 13.0 Å². The molecule has 1 aliphatic carbocycles. The molecule has 3 nitrogen and oxygen atoms in total. The fourth-order valence-electron chi connectivity index (χ4n) is 3.07. The van der Waals surface area contributed by atoms with E-state index in [2.05, 4.69) is 34.3 Å². The molecule has 1 aliphatic heterocycles. The second-order valence-corrected chi connectivity index (χ2v) is 5.89. The molecule has 0 amide bonds. The molecule has 3 rings (SSSR count). The van der Waals surface area contributed by atoms with Crippen molar-refractivity contribution in [1.29, 1.82) is 0 Å². The lowest BCUT2D eigenvalue weighted by molar-refractivity contribution is 0.445. The zero-order valence-corrected chi connectivity index (χ0v) is 11.9. The number of nitrogens with zero attached hydrogens (tertiary/aromatic N) is 2. The van der Waals surface area contributed by atoms with Gasteiger partial charge in [0.1, 0.15) is 5.82 Å². The second kappa shape index (κ2) is 5.91. The van der Waals surface area contributed by atoms with Crippen molar-refractivity contribution in [2.24, 2.45) is 0 Å². The van der Waals surface area contributed by atoms with E-state index in [0.29, 0.717) is 6.04 Å². The summed E-state index contributed by atoms with van der Waals surface area (Å²) in [5, 5.41) is 3.62. The lowest BCUT2D eigenvalue weighted by Crippen LogP contribution is -2.40. The summed E-state index contributed by atoms with van der Waals surface area (Å²) in [6, 6.07) is 5.75. The summed E-state index contributed by atoms with van der Waals surface area (Å²) >= 11 is 0. The molecule has 104 valence electrons. The average Bonchev–Trinajstić information content (AvgIpc) is 3.29. The van der Waals surface area contributed by atoms with Crippen LogP contribution in [0.2, 0.25) is 0 Å². The van der Waals surface area contributed by atoms with Gasteiger partial charge >= 0.3 is 0 Å². The number of anilines is 1. The Hall–Kier alpha value is -1.09. The third-order valence-corrected chi connectivity index (χ3v) is 4.40. The van der Waals surface area contributed by atoms with Crippen LogP contribution in [0.25, 0.3) is 0 Å². The van der Waals surface area contributed by atoms with E-state index in [9.17, 15) is 0 Å². The monoisotopic (exact) mass is 259 g/mol. The molecule has 0 spiro atoms. The minimum absolute atomic E-state index is 0.684. The first-order valence-corrected chi connectivity index (χ1v) is 7.82. The van der Waals surface area contributed by atoms with E-state index in [0.717, 1.165) is 12.6 Å². The van der Waals surface area contributed by atoms with E-state index >= 15 is 0 Å². The summed E-state index contributed by atoms with van der Waals surface area (Å²) in [5.74, 6) is 1.22. The Labute approximate surface area is 116 Å². The molecule has 1 unspecified atom stereocenters. The van der Waals surface area contributed by atoms with Gasteiger partial charge in [0.25, 0.3) is 0 Å². The Morgan fingerprint density at radius 2 is 2.21 bits per heavy atom. The normalized spacial score (nSPS) is 23.6. The molecule has 19 heavy (non-hydrogen) atoms. The molecule has 1 atom stereocenters. The van der Waals surface area contributed by atoms with Gasteiger partial charge in [0.05, 0.1) is 0 Å². The molecular formula is C16H25N3. The molecule has 0 aromatic carbocycles. The summed E-state index contributed by atoms with van der Waals surface area (Å²) < 4.78 is 0. The SMILES string of the molecule is CCC1CCCCN1c1ncccc1CNC1CC1. The van der Waals surface area contributed by atoms with Gasteiger partial charge in [-0.3, -0.25) is 0 Å². The lowest BCUT2D eigenvalue weighted by Gasteiger charge is -2.37. The van der Waals surface area contributed by atoms with E-state index in [4.69, 9.17) is 0 Å². The predicted octanol–water partition coefficient (Wildman–Crippen LogP) is 3.10. The van der Waals surface area contributed by atoms with Gasteiger partial charge in [-0.2, -0.15) is 0 Å². The van der Waals surface area contributed by atoms with Gasteiger partial charge < -0.3 is 10.2 Å². The van der Waals surface area contributed by atoms with Crippen molar-refractivity contribution >= 4 is 5.82 Å². The zero-order chi connectivity index (χ0) is 13.1. The van der Waals surface area contributed by atoms with Crippen LogP contribution in [0.3, 0.4) is 0 Å². The zero-order valence-electron chi connectivity index (χ0n) is 11.9. The van der Waals surface area contributed by atoms with Gasteiger partial charge in [0.15, 0.2) is 0 Å². The van der Waals surface area contributed by atoms with Crippen LogP contribution in [0.5, 0.6) is 0 Å². The highest BCUT2D eigenvalue weighted by Gasteiger charge is 2.25. The van der Waals surface area contributed by atoms with Crippen LogP contribution in [0.15, 0.2) is 18.3 Å². The fraction of sp³-hybridized carbons (Fsp3) is 0.688. The van der Waals surface area contributed by atoms with Crippen molar-refractivity contribution in [3.63, 3.8) is 0 Å². The van der Waals surface area contributed by atoms with E-state index in [1.54, 1.807) is 0 Å². The second-order valence-electron chi connectivity index (χ2n) is 5.89. The smallest absolute Gasteiger partial charge is 0.133 e. The van der Waals surface area contributed by atoms with Crippen LogP contribution in [0.4, 0.5) is 5.82 Å². The highest BCUT2D eigenvalue weighted by Crippen LogP contribution is 2.28. The van der Waals surface area contributed by atoms with Crippen LogP contribution >= 0.6 is 0 Å². The Balaban J connectivity index is 1.76. The number of aromatic nitrogens is 1. The predicted molar refractivity (Wildman–Crippen MR) is 79.4 cm³/mol. The average molecular weight is 259 g/mol. The maximum atomic E-state index is 4.68. The van der Waals surface area contributed by atoms with Crippen LogP contribution in [-0.2, 0) is 6.54 Å². The van der Waals surface area contributed by atoms with Crippen molar-refractivity contribution in [3.05, 3.63) is 23.9 Å². The first-order chi connectivity index (χ1) is 9.38. The Kier molecular flexibility index (Phi) is 4.02. The quantitative estimate of drug-likeness (QED) is 0.880. The first kappa shape index (κ1) is 12.9. The largest absolute Gasteiger partial charge is 0.353 e. The third kappa shape index (κ3) is 3.08. The topological polar surface area (TPSA) is 28.2 Å². The lowest BCUT2D eigenvalue weighted by atomic mass is 9.99. The van der Waals surface area contributed by atoms with Gasteiger partial charge in [0.2, 0.25) is 0 Å². The van der Waals surface area contributed by atoms with Crippen molar-refractivity contribution in [2.45, 2.75) is 64.1 Å². The maximum Gasteiger partial charge on any atom is 0.133 e. The minimum atomic E-state index is 0.684. The van der Waals surface area contributed by atoms with Crippen LogP contribution in [0, 0.1) is 0 Å². The van der Waals surface area contributed by atoms with Gasteiger partial charge in [-0.15, -0.1) is 0 Å². The Morgan fingerprint density at radius 3 is 3.00 bits per heavy atom. The molecule has 1 aromatic rings. The summed E-state index contributed by atoms with van der Waals surface area (Å²) in [4.78, 5) is 7.23. The highest BCUT2D eigenvalue weighted by molar-refractivity contribution is 5.48. The van der Waals surface area contributed by atoms with E-state index in [-0.39, 0.29) is 0 Å². The summed E-state index contributed by atoms with van der Waals surface area (Å²) in [7, 11) is 0. The molecule has 1 N–H and O–H groups in total. The summed E-state index contributed by atoms with van der Waals surface area (Å²) in [6.07, 6.45) is 9.86. The molecule has 3 heteroatoms. The first-order valence-electron chi connectivity index (χ1n) is 7.82. The molecular weight excluding hydrogens is 234 g/mol. The van der Waals surface area contributed by atoms with E-state index in [1.807, 2.05) is 6.20 Å². The molecule has 1 aromatic heterocycles. The van der Waals surface area contributed by atoms with Crippen molar-refractivity contribution in [1.82, 2.24) is 10.3 Å². The maximum absolute atomic E-state index is 4.68. The molecule has 2 aliphatic rings. The van der Waals surface area contributed by atoms with Crippen molar-refractivity contribution in [3.8, 4) is 0 Å². The minimum Gasteiger partial charge on any atom is -0.353 e. The van der Waals surface area contributed by atoms with Gasteiger partial charge in [0, 0.05) is 36.9 Å². The number of piperidine rings is 1. The Morgan fingerprint density at radius 1 is 1.32 bits per heavy atom. The van der Waals surface area contributed by atoms with Gasteiger partial charge in [-0.25, -0.2) is 4.98 Å². The van der Waals surface area contributed by atoms with Crippen molar-refractivity contribution in [2.75, 3.05) is 11.4 Å². The van der Waals surface area contributed by atoms with Crippen LogP contribution in [-0.4, -0.2) is 23.6 Å². The standard InChI is InChI=1S/C16H25N3/c1-2-15-7-3-4-11-19(15)16-13(6-5-10-17-16)12-18-14-8-9-14/h5-6,10,14-15,18H,2-4,7-9,11-12H2,1H3. The fourth-order valence-corrected chi connectivity index (χ4v) is 3.07. The summed E-state index contributed by atoms with van der Waals surface area (Å²) in [5.41, 5.74) is 1.37. The van der Waals surface area contributed by atoms with Crippen LogP contribution < -0.4 is 10.2 Å². The molecule has 2 heterocycles. The number of hydrogen-bond acceptors (Lipinski definition) is 3. The third-order valence-electron chi connectivity index (χ3n) is 4.40. The van der Waals surface area contributed by atoms with E-state index < -0.39 is 0 Å². The molecule has 0 bridgehead atoms. The van der Waals surface area contributed by atoms with Crippen molar-refractivity contribution < 1.29 is 0 Å². The number of nitrogens with one attached hydrogen (secondary N) is 1. The van der Waals surface area contributed by atoms with Crippen LogP contribution in [0.1, 0.15) is 51.0 Å². The number of hydrogen-bond donors (Lipinski definition) is 1. The van der Waals surface area contributed by atoms with Gasteiger partial charge in [-0.05, 0) is 44.6 Å². The molecule has 1 saturated carbocycles. The number of rotatable bonds is 5. The van der Waals surface area contributed by atoms with E-state index in [1.165, 1.54) is 56.5 Å². The highest BCUT2D eigenvalue weighted by atomic mass is 15.2. The Bertz CT molecular complexity index is 414. The number of pyridine rings is 1. The molecule has 1 saturated heterocycles.